The highest BCUT2D eigenvalue weighted by Crippen LogP contribution is 2.28. The molecule has 0 radical (unpaired) electrons. The number of nitrogens with zero attached hydrogens (tertiary/aromatic N) is 1. The first-order valence-electron chi connectivity index (χ1n) is 11.1. The van der Waals surface area contributed by atoms with Crippen molar-refractivity contribution in [2.24, 2.45) is 5.10 Å². The number of hydrogen-bond donors (Lipinski definition) is 1. The maximum atomic E-state index is 12.5. The molecule has 1 amide bonds. The number of benzene rings is 3. The van der Waals surface area contributed by atoms with Gasteiger partial charge in [-0.25, -0.2) is 10.2 Å². The fraction of sp³-hybridized carbons (Fsp3) is 0.222. The van der Waals surface area contributed by atoms with Crippen molar-refractivity contribution >= 4 is 18.1 Å². The third kappa shape index (κ3) is 7.48. The summed E-state index contributed by atoms with van der Waals surface area (Å²) in [7, 11) is 1.48. The van der Waals surface area contributed by atoms with Crippen LogP contribution in [0.3, 0.4) is 0 Å². The first kappa shape index (κ1) is 24.5. The molecule has 3 aromatic carbocycles. The highest BCUT2D eigenvalue weighted by atomic mass is 16.6. The van der Waals surface area contributed by atoms with E-state index in [1.54, 1.807) is 42.5 Å². The third-order valence-corrected chi connectivity index (χ3v) is 4.86. The largest absolute Gasteiger partial charge is 0.494 e. The molecule has 0 saturated heterocycles. The lowest BCUT2D eigenvalue weighted by atomic mass is 10.1. The molecular formula is C27H28N2O5. The lowest BCUT2D eigenvalue weighted by molar-refractivity contribution is -0.120. The highest BCUT2D eigenvalue weighted by Gasteiger charge is 2.13. The van der Waals surface area contributed by atoms with Crippen LogP contribution in [-0.2, 0) is 11.2 Å². The van der Waals surface area contributed by atoms with Gasteiger partial charge in [-0.15, -0.1) is 0 Å². The van der Waals surface area contributed by atoms with E-state index in [1.807, 2.05) is 30.3 Å². The Hall–Kier alpha value is -4.13. The number of amides is 1. The molecule has 3 rings (SSSR count). The van der Waals surface area contributed by atoms with Crippen molar-refractivity contribution in [3.63, 3.8) is 0 Å². The van der Waals surface area contributed by atoms with E-state index in [-0.39, 0.29) is 18.1 Å². The summed E-state index contributed by atoms with van der Waals surface area (Å²) in [6, 6.07) is 21.2. The second-order valence-corrected chi connectivity index (χ2v) is 7.48. The highest BCUT2D eigenvalue weighted by molar-refractivity contribution is 5.92. The molecule has 0 aliphatic heterocycles. The number of hydrogen-bond acceptors (Lipinski definition) is 6. The maximum absolute atomic E-state index is 12.5. The molecule has 1 N–H and O–H groups in total. The molecule has 176 valence electrons. The summed E-state index contributed by atoms with van der Waals surface area (Å²) >= 11 is 0. The Morgan fingerprint density at radius 3 is 2.44 bits per heavy atom. The summed E-state index contributed by atoms with van der Waals surface area (Å²) < 4.78 is 16.5. The number of nitrogens with one attached hydrogen (secondary N) is 1. The monoisotopic (exact) mass is 460 g/mol. The fourth-order valence-electron chi connectivity index (χ4n) is 3.03. The molecule has 0 atom stereocenters. The summed E-state index contributed by atoms with van der Waals surface area (Å²) in [5.74, 6) is 0.630. The van der Waals surface area contributed by atoms with E-state index in [4.69, 9.17) is 14.2 Å². The van der Waals surface area contributed by atoms with Crippen LogP contribution in [-0.4, -0.2) is 31.8 Å². The zero-order chi connectivity index (χ0) is 24.2. The van der Waals surface area contributed by atoms with Crippen LogP contribution < -0.4 is 19.6 Å². The van der Waals surface area contributed by atoms with Crippen molar-refractivity contribution in [1.82, 2.24) is 5.43 Å². The molecule has 0 heterocycles. The van der Waals surface area contributed by atoms with E-state index < -0.39 is 5.97 Å². The molecule has 7 nitrogen and oxygen atoms in total. The predicted octanol–water partition coefficient (Wildman–Crippen LogP) is 4.79. The van der Waals surface area contributed by atoms with Crippen LogP contribution in [0.25, 0.3) is 0 Å². The summed E-state index contributed by atoms with van der Waals surface area (Å²) in [5.41, 5.74) is 4.48. The van der Waals surface area contributed by atoms with Crippen molar-refractivity contribution in [2.45, 2.75) is 26.2 Å². The first-order chi connectivity index (χ1) is 16.6. The second kappa shape index (κ2) is 12.8. The number of carbonyl (C=O) groups excluding carboxylic acids is 2. The van der Waals surface area contributed by atoms with E-state index in [1.165, 1.54) is 13.3 Å². The van der Waals surface area contributed by atoms with Crippen LogP contribution in [0.1, 0.15) is 41.3 Å². The third-order valence-electron chi connectivity index (χ3n) is 4.86. The number of rotatable bonds is 11. The Balaban J connectivity index is 1.57. The van der Waals surface area contributed by atoms with Gasteiger partial charge in [0.25, 0.3) is 0 Å². The normalized spacial score (nSPS) is 10.6. The van der Waals surface area contributed by atoms with Gasteiger partial charge in [-0.05, 0) is 60.0 Å². The minimum Gasteiger partial charge on any atom is -0.494 e. The molecule has 34 heavy (non-hydrogen) atoms. The molecule has 0 aliphatic carbocycles. The smallest absolute Gasteiger partial charge is 0.343 e. The van der Waals surface area contributed by atoms with Gasteiger partial charge in [-0.3, -0.25) is 4.79 Å². The molecule has 0 spiro atoms. The summed E-state index contributed by atoms with van der Waals surface area (Å²) in [5, 5.41) is 3.99. The topological polar surface area (TPSA) is 86.2 Å². The average molecular weight is 461 g/mol. The van der Waals surface area contributed by atoms with Gasteiger partial charge in [0.05, 0.1) is 31.9 Å². The zero-order valence-electron chi connectivity index (χ0n) is 19.3. The molecule has 0 aliphatic rings. The van der Waals surface area contributed by atoms with Gasteiger partial charge >= 0.3 is 5.97 Å². The minimum absolute atomic E-state index is 0.221. The van der Waals surface area contributed by atoms with E-state index >= 15 is 0 Å². The van der Waals surface area contributed by atoms with Crippen molar-refractivity contribution < 1.29 is 23.8 Å². The summed E-state index contributed by atoms with van der Waals surface area (Å²) in [6.07, 6.45) is 3.76. The van der Waals surface area contributed by atoms with Gasteiger partial charge in [-0.2, -0.15) is 5.10 Å². The molecule has 0 saturated carbocycles. The van der Waals surface area contributed by atoms with Gasteiger partial charge in [0, 0.05) is 0 Å². The van der Waals surface area contributed by atoms with Crippen LogP contribution in [0.4, 0.5) is 0 Å². The van der Waals surface area contributed by atoms with Crippen LogP contribution in [0, 0.1) is 0 Å². The Bertz CT molecular complexity index is 1110. The van der Waals surface area contributed by atoms with Gasteiger partial charge in [0.1, 0.15) is 5.75 Å². The minimum atomic E-state index is -0.506. The molecule has 0 unspecified atom stereocenters. The summed E-state index contributed by atoms with van der Waals surface area (Å²) in [6.45, 7) is 2.74. The number of hydrazone groups is 1. The molecule has 7 heteroatoms. The molecule has 0 bridgehead atoms. The number of methoxy groups -OCH3 is 1. The van der Waals surface area contributed by atoms with Gasteiger partial charge in [0.2, 0.25) is 5.91 Å². The quantitative estimate of drug-likeness (QED) is 0.146. The van der Waals surface area contributed by atoms with E-state index in [9.17, 15) is 9.59 Å². The van der Waals surface area contributed by atoms with Crippen molar-refractivity contribution in [3.8, 4) is 17.2 Å². The van der Waals surface area contributed by atoms with Crippen LogP contribution in [0.5, 0.6) is 17.2 Å². The van der Waals surface area contributed by atoms with Crippen molar-refractivity contribution in [3.05, 3.63) is 89.5 Å². The zero-order valence-corrected chi connectivity index (χ0v) is 19.3. The number of unbranched alkanes of at least 4 members (excludes halogenated alkanes) is 1. The fourth-order valence-corrected chi connectivity index (χ4v) is 3.03. The van der Waals surface area contributed by atoms with Gasteiger partial charge in [-0.1, -0.05) is 43.7 Å². The summed E-state index contributed by atoms with van der Waals surface area (Å²) in [4.78, 5) is 24.6. The number of carbonyl (C=O) groups is 2. The lowest BCUT2D eigenvalue weighted by Gasteiger charge is -2.10. The van der Waals surface area contributed by atoms with Crippen molar-refractivity contribution in [2.75, 3.05) is 13.7 Å². The number of esters is 1. The number of ether oxygens (including phenoxy) is 3. The average Bonchev–Trinajstić information content (AvgIpc) is 2.86. The van der Waals surface area contributed by atoms with Gasteiger partial charge < -0.3 is 14.2 Å². The Labute approximate surface area is 199 Å². The molecule has 0 aromatic heterocycles. The Kier molecular flexibility index (Phi) is 9.22. The first-order valence-corrected chi connectivity index (χ1v) is 11.1. The van der Waals surface area contributed by atoms with Gasteiger partial charge in [0.15, 0.2) is 11.5 Å². The predicted molar refractivity (Wildman–Crippen MR) is 131 cm³/mol. The van der Waals surface area contributed by atoms with E-state index in [0.29, 0.717) is 29.2 Å². The molecule has 0 fully saturated rings. The standard InChI is InChI=1S/C27H28N2O5/c1-3-4-16-33-23-13-11-22(12-14-23)27(31)34-24-15-10-21(17-25(24)32-2)19-28-29-26(30)18-20-8-6-5-7-9-20/h5-15,17,19H,3-4,16,18H2,1-2H3,(H,29,30)/b28-19-. The lowest BCUT2D eigenvalue weighted by Crippen LogP contribution is -2.19. The van der Waals surface area contributed by atoms with Crippen LogP contribution >= 0.6 is 0 Å². The Morgan fingerprint density at radius 1 is 0.971 bits per heavy atom. The van der Waals surface area contributed by atoms with E-state index in [2.05, 4.69) is 17.5 Å². The van der Waals surface area contributed by atoms with E-state index in [0.717, 1.165) is 18.4 Å². The molecular weight excluding hydrogens is 432 g/mol. The Morgan fingerprint density at radius 2 is 1.74 bits per heavy atom. The van der Waals surface area contributed by atoms with Crippen molar-refractivity contribution in [1.29, 1.82) is 0 Å². The maximum Gasteiger partial charge on any atom is 0.343 e. The van der Waals surface area contributed by atoms with Crippen LogP contribution in [0.15, 0.2) is 77.9 Å². The SMILES string of the molecule is CCCCOc1ccc(C(=O)Oc2ccc(/C=N\NC(=O)Cc3ccccc3)cc2OC)cc1. The van der Waals surface area contributed by atoms with Crippen LogP contribution in [0.2, 0.25) is 0 Å². The molecule has 3 aromatic rings. The second-order valence-electron chi connectivity index (χ2n) is 7.48.